The highest BCUT2D eigenvalue weighted by molar-refractivity contribution is 6.01. The van der Waals surface area contributed by atoms with Gasteiger partial charge in [0.15, 0.2) is 23.5 Å². The van der Waals surface area contributed by atoms with Gasteiger partial charge >= 0.3 is 0 Å². The van der Waals surface area contributed by atoms with Crippen LogP contribution in [0.2, 0.25) is 0 Å². The zero-order valence-electron chi connectivity index (χ0n) is 24.7. The number of ether oxygens (including phenoxy) is 2. The van der Waals surface area contributed by atoms with Crippen LogP contribution in [-0.4, -0.2) is 51.3 Å². The summed E-state index contributed by atoms with van der Waals surface area (Å²) in [6, 6.07) is 15.9. The SMILES string of the molecule is C[C@]12C=CC(=O)C=C1CC[C@@H]1[C@@H]2[C@@H](O)C[C@@]2(C)[C@H]1C[C@H]1O[C@@H](c3ccc(Cc4cccc(CO)c4)cc3)O[C@]12C(=O)CO. The predicted molar refractivity (Wildman–Crippen MR) is 159 cm³/mol. The van der Waals surface area contributed by atoms with Crippen molar-refractivity contribution in [1.29, 1.82) is 0 Å². The fourth-order valence-electron chi connectivity index (χ4n) is 9.70. The molecule has 1 heterocycles. The molecule has 7 rings (SSSR count). The molecule has 0 radical (unpaired) electrons. The van der Waals surface area contributed by atoms with E-state index in [1.807, 2.05) is 61.5 Å². The van der Waals surface area contributed by atoms with Crippen LogP contribution in [0.3, 0.4) is 0 Å². The maximum Gasteiger partial charge on any atom is 0.193 e. The van der Waals surface area contributed by atoms with Crippen molar-refractivity contribution in [2.75, 3.05) is 6.61 Å². The number of aliphatic hydroxyl groups excluding tert-OH is 3. The Morgan fingerprint density at radius 3 is 2.56 bits per heavy atom. The van der Waals surface area contributed by atoms with Crippen molar-refractivity contribution in [3.63, 3.8) is 0 Å². The molecule has 2 aromatic carbocycles. The van der Waals surface area contributed by atoms with Gasteiger partial charge in [0.05, 0.1) is 18.8 Å². The summed E-state index contributed by atoms with van der Waals surface area (Å²) in [5, 5.41) is 31.5. The van der Waals surface area contributed by atoms with Gasteiger partial charge in [0.2, 0.25) is 0 Å². The number of benzene rings is 2. The van der Waals surface area contributed by atoms with Crippen molar-refractivity contribution in [1.82, 2.24) is 0 Å². The lowest BCUT2D eigenvalue weighted by molar-refractivity contribution is -0.201. The number of rotatable bonds is 6. The number of hydrogen-bond donors (Lipinski definition) is 3. The first-order valence-corrected chi connectivity index (χ1v) is 15.5. The largest absolute Gasteiger partial charge is 0.393 e. The molecule has 1 saturated heterocycles. The summed E-state index contributed by atoms with van der Waals surface area (Å²) in [6.45, 7) is 3.53. The minimum atomic E-state index is -1.36. The van der Waals surface area contributed by atoms with Gasteiger partial charge in [0.1, 0.15) is 6.61 Å². The minimum absolute atomic E-state index is 0.000677. The number of Topliss-reactive ketones (excluding diaryl/α,β-unsaturated/α-hetero) is 1. The van der Waals surface area contributed by atoms with E-state index in [1.54, 1.807) is 12.2 Å². The molecule has 2 aromatic rings. The van der Waals surface area contributed by atoms with E-state index < -0.39 is 41.5 Å². The molecule has 7 heteroatoms. The standard InChI is InChI=1S/C36H40O7/c1-34-13-12-26(39)16-25(34)10-11-27-28-17-31-36(30(41)20-38,35(28,2)18-29(40)32(27)34)43-33(42-31)24-8-6-21(7-9-24)14-22-4-3-5-23(15-22)19-37/h3-9,12-13,15-16,27-29,31-33,37-38,40H,10-11,14,17-20H2,1-2H3/t27-,28-,29-,31+,32+,33+,34-,35-,36+/m0/s1. The van der Waals surface area contributed by atoms with E-state index in [1.165, 1.54) is 0 Å². The Hall–Kier alpha value is -2.94. The quantitative estimate of drug-likeness (QED) is 0.462. The minimum Gasteiger partial charge on any atom is -0.393 e. The zero-order valence-corrected chi connectivity index (χ0v) is 24.7. The first-order valence-electron chi connectivity index (χ1n) is 15.5. The van der Waals surface area contributed by atoms with Gasteiger partial charge in [-0.3, -0.25) is 9.59 Å². The number of ketones is 2. The van der Waals surface area contributed by atoms with E-state index in [2.05, 4.69) is 6.92 Å². The fraction of sp³-hybridized carbons (Fsp3) is 0.500. The molecular formula is C36H40O7. The summed E-state index contributed by atoms with van der Waals surface area (Å²) in [6.07, 6.45) is 6.64. The molecule has 9 atom stereocenters. The first kappa shape index (κ1) is 28.8. The smallest absolute Gasteiger partial charge is 0.193 e. The topological polar surface area (TPSA) is 113 Å². The summed E-state index contributed by atoms with van der Waals surface area (Å²) in [4.78, 5) is 25.9. The van der Waals surface area contributed by atoms with Gasteiger partial charge < -0.3 is 24.8 Å². The first-order chi connectivity index (χ1) is 20.6. The summed E-state index contributed by atoms with van der Waals surface area (Å²) >= 11 is 0. The predicted octanol–water partition coefficient (Wildman–Crippen LogP) is 4.37. The second-order valence-electron chi connectivity index (χ2n) is 13.7. The third-order valence-corrected chi connectivity index (χ3v) is 11.6. The highest BCUT2D eigenvalue weighted by Gasteiger charge is 2.75. The fourth-order valence-corrected chi connectivity index (χ4v) is 9.70. The molecule has 4 fully saturated rings. The van der Waals surface area contributed by atoms with Crippen molar-refractivity contribution < 1.29 is 34.4 Å². The van der Waals surface area contributed by atoms with Crippen LogP contribution in [0.1, 0.15) is 68.1 Å². The average Bonchev–Trinajstić information content (AvgIpc) is 3.50. The van der Waals surface area contributed by atoms with E-state index in [9.17, 15) is 24.9 Å². The molecule has 43 heavy (non-hydrogen) atoms. The maximum atomic E-state index is 13.7. The van der Waals surface area contributed by atoms with Gasteiger partial charge in [0, 0.05) is 22.3 Å². The van der Waals surface area contributed by atoms with Crippen LogP contribution in [-0.2, 0) is 32.1 Å². The van der Waals surface area contributed by atoms with Crippen LogP contribution >= 0.6 is 0 Å². The Bertz CT molecular complexity index is 1510. The Morgan fingerprint density at radius 2 is 1.81 bits per heavy atom. The van der Waals surface area contributed by atoms with Crippen LogP contribution in [0.4, 0.5) is 0 Å². The molecule has 0 amide bonds. The Kier molecular flexibility index (Phi) is 6.91. The highest BCUT2D eigenvalue weighted by atomic mass is 16.7. The molecule has 0 unspecified atom stereocenters. The third kappa shape index (κ3) is 4.20. The maximum absolute atomic E-state index is 13.7. The van der Waals surface area contributed by atoms with Crippen molar-refractivity contribution in [2.45, 2.75) is 76.7 Å². The van der Waals surface area contributed by atoms with Crippen molar-refractivity contribution in [3.05, 3.63) is 94.6 Å². The van der Waals surface area contributed by atoms with Crippen LogP contribution in [0.15, 0.2) is 72.3 Å². The molecular weight excluding hydrogens is 544 g/mol. The van der Waals surface area contributed by atoms with Crippen LogP contribution in [0, 0.1) is 28.6 Å². The van der Waals surface area contributed by atoms with Gasteiger partial charge in [-0.15, -0.1) is 0 Å². The molecule has 0 bridgehead atoms. The summed E-state index contributed by atoms with van der Waals surface area (Å²) in [5.41, 5.74) is 2.48. The van der Waals surface area contributed by atoms with E-state index >= 15 is 0 Å². The molecule has 3 N–H and O–H groups in total. The van der Waals surface area contributed by atoms with Crippen LogP contribution in [0.5, 0.6) is 0 Å². The zero-order chi connectivity index (χ0) is 30.1. The van der Waals surface area contributed by atoms with Crippen LogP contribution < -0.4 is 0 Å². The highest BCUT2D eigenvalue weighted by Crippen LogP contribution is 2.70. The van der Waals surface area contributed by atoms with E-state index in [0.29, 0.717) is 12.8 Å². The monoisotopic (exact) mass is 584 g/mol. The van der Waals surface area contributed by atoms with E-state index in [-0.39, 0.29) is 35.9 Å². The lowest BCUT2D eigenvalue weighted by atomic mass is 9.46. The van der Waals surface area contributed by atoms with Gasteiger partial charge in [-0.2, -0.15) is 0 Å². The van der Waals surface area contributed by atoms with Crippen molar-refractivity contribution >= 4 is 11.6 Å². The Morgan fingerprint density at radius 1 is 1.05 bits per heavy atom. The second kappa shape index (κ2) is 10.3. The molecule has 226 valence electrons. The Labute approximate surface area is 252 Å². The molecule has 4 aliphatic carbocycles. The summed E-state index contributed by atoms with van der Waals surface area (Å²) in [5.74, 6) is -0.278. The average molecular weight is 585 g/mol. The molecule has 0 spiro atoms. The van der Waals surface area contributed by atoms with Gasteiger partial charge in [0.25, 0.3) is 0 Å². The summed E-state index contributed by atoms with van der Waals surface area (Å²) < 4.78 is 13.3. The van der Waals surface area contributed by atoms with Crippen molar-refractivity contribution in [3.8, 4) is 0 Å². The number of aliphatic hydroxyl groups is 3. The lowest BCUT2D eigenvalue weighted by Crippen LogP contribution is -2.63. The van der Waals surface area contributed by atoms with Crippen molar-refractivity contribution in [2.24, 2.45) is 28.6 Å². The normalized spacial score (nSPS) is 39.5. The Balaban J connectivity index is 1.16. The molecule has 5 aliphatic rings. The molecule has 0 aromatic heterocycles. The third-order valence-electron chi connectivity index (χ3n) is 11.6. The van der Waals surface area contributed by atoms with E-state index in [4.69, 9.17) is 9.47 Å². The van der Waals surface area contributed by atoms with E-state index in [0.717, 1.165) is 47.1 Å². The number of carbonyl (C=O) groups excluding carboxylic acids is 2. The van der Waals surface area contributed by atoms with Gasteiger partial charge in [-0.25, -0.2) is 0 Å². The molecule has 7 nitrogen and oxygen atoms in total. The molecule has 3 saturated carbocycles. The van der Waals surface area contributed by atoms with Gasteiger partial charge in [-0.1, -0.05) is 74.0 Å². The number of fused-ring (bicyclic) bond motifs is 7. The molecule has 1 aliphatic heterocycles. The number of hydrogen-bond acceptors (Lipinski definition) is 7. The van der Waals surface area contributed by atoms with Gasteiger partial charge in [-0.05, 0) is 72.8 Å². The van der Waals surface area contributed by atoms with Crippen LogP contribution in [0.25, 0.3) is 0 Å². The lowest BCUT2D eigenvalue weighted by Gasteiger charge is -2.59. The second-order valence-corrected chi connectivity index (χ2v) is 13.7. The summed E-state index contributed by atoms with van der Waals surface area (Å²) in [7, 11) is 0. The number of carbonyl (C=O) groups is 2. The number of allylic oxidation sites excluding steroid dienone is 4.